The van der Waals surface area contributed by atoms with Gasteiger partial charge in [0.15, 0.2) is 0 Å². The van der Waals surface area contributed by atoms with Crippen LogP contribution in [0.25, 0.3) is 0 Å². The van der Waals surface area contributed by atoms with Crippen molar-refractivity contribution in [3.8, 4) is 0 Å². The van der Waals surface area contributed by atoms with Crippen molar-refractivity contribution in [2.45, 2.75) is 19.8 Å². The molecule has 3 rings (SSSR count). The van der Waals surface area contributed by atoms with Gasteiger partial charge < -0.3 is 16.0 Å². The molecule has 0 atom stereocenters. The van der Waals surface area contributed by atoms with Gasteiger partial charge in [-0.2, -0.15) is 0 Å². The first-order chi connectivity index (χ1) is 11.1. The number of rotatable bonds is 3. The van der Waals surface area contributed by atoms with Crippen LogP contribution >= 0.6 is 24.8 Å². The van der Waals surface area contributed by atoms with Crippen LogP contribution < -0.4 is 16.0 Å². The lowest BCUT2D eigenvalue weighted by atomic mass is 9.95. The fourth-order valence-corrected chi connectivity index (χ4v) is 2.83. The van der Waals surface area contributed by atoms with Crippen molar-refractivity contribution in [1.82, 2.24) is 9.97 Å². The van der Waals surface area contributed by atoms with Gasteiger partial charge in [0.25, 0.3) is 0 Å². The maximum absolute atomic E-state index is 12.5. The highest BCUT2D eigenvalue weighted by molar-refractivity contribution is 5.93. The maximum Gasteiger partial charge on any atom is 0.227 e. The number of nitrogens with zero attached hydrogens (tertiary/aromatic N) is 3. The van der Waals surface area contributed by atoms with E-state index in [9.17, 15) is 4.79 Å². The summed E-state index contributed by atoms with van der Waals surface area (Å²) >= 11 is 0. The predicted octanol–water partition coefficient (Wildman–Crippen LogP) is 3.07. The van der Waals surface area contributed by atoms with Crippen molar-refractivity contribution in [2.75, 3.05) is 29.0 Å². The topological polar surface area (TPSA) is 84.1 Å². The number of amides is 1. The van der Waals surface area contributed by atoms with E-state index in [1.54, 1.807) is 18.6 Å². The number of aromatic nitrogens is 2. The Bertz CT molecular complexity index is 691. The van der Waals surface area contributed by atoms with Crippen LogP contribution in [0.2, 0.25) is 0 Å². The van der Waals surface area contributed by atoms with Crippen molar-refractivity contribution >= 4 is 47.9 Å². The van der Waals surface area contributed by atoms with E-state index >= 15 is 0 Å². The molecule has 3 N–H and O–H groups in total. The lowest BCUT2D eigenvalue weighted by Crippen LogP contribution is -2.38. The first-order valence-corrected chi connectivity index (χ1v) is 7.81. The second-order valence-corrected chi connectivity index (χ2v) is 5.89. The summed E-state index contributed by atoms with van der Waals surface area (Å²) in [6.45, 7) is 3.59. The zero-order valence-corrected chi connectivity index (χ0v) is 15.6. The summed E-state index contributed by atoms with van der Waals surface area (Å²) in [7, 11) is 0. The molecule has 0 aliphatic carbocycles. The fraction of sp³-hybridized carbons (Fsp3) is 0.353. The minimum Gasteiger partial charge on any atom is -0.399 e. The monoisotopic (exact) mass is 383 g/mol. The number of hydrogen-bond acceptors (Lipinski definition) is 5. The largest absolute Gasteiger partial charge is 0.399 e. The van der Waals surface area contributed by atoms with Gasteiger partial charge in [-0.3, -0.25) is 9.78 Å². The van der Waals surface area contributed by atoms with E-state index in [4.69, 9.17) is 5.73 Å². The Balaban J connectivity index is 0.00000156. The van der Waals surface area contributed by atoms with Gasteiger partial charge in [0.05, 0.1) is 6.20 Å². The van der Waals surface area contributed by atoms with Crippen LogP contribution in [0, 0.1) is 12.8 Å². The summed E-state index contributed by atoms with van der Waals surface area (Å²) in [4.78, 5) is 23.0. The molecule has 1 fully saturated rings. The van der Waals surface area contributed by atoms with Gasteiger partial charge in [0, 0.05) is 42.8 Å². The number of hydrogen-bond donors (Lipinski definition) is 2. The maximum atomic E-state index is 12.5. The van der Waals surface area contributed by atoms with Crippen LogP contribution in [0.4, 0.5) is 17.2 Å². The van der Waals surface area contributed by atoms with Gasteiger partial charge in [-0.1, -0.05) is 6.07 Å². The minimum absolute atomic E-state index is 0. The summed E-state index contributed by atoms with van der Waals surface area (Å²) in [5.74, 6) is 0.958. The molecule has 1 aromatic heterocycles. The number of aryl methyl sites for hydroxylation is 1. The number of nitrogen functional groups attached to an aromatic ring is 1. The summed E-state index contributed by atoms with van der Waals surface area (Å²) in [6.07, 6.45) is 6.73. The Morgan fingerprint density at radius 2 is 1.96 bits per heavy atom. The molecular weight excluding hydrogens is 361 g/mol. The number of carbonyl (C=O) groups excluding carboxylic acids is 1. The van der Waals surface area contributed by atoms with E-state index in [1.165, 1.54) is 0 Å². The van der Waals surface area contributed by atoms with Crippen LogP contribution in [0.15, 0.2) is 36.8 Å². The lowest BCUT2D eigenvalue weighted by molar-refractivity contribution is -0.120. The Morgan fingerprint density at radius 3 is 2.60 bits per heavy atom. The molecule has 1 aliphatic heterocycles. The third kappa shape index (κ3) is 5.21. The van der Waals surface area contributed by atoms with Crippen LogP contribution in [-0.2, 0) is 4.79 Å². The Morgan fingerprint density at radius 1 is 1.24 bits per heavy atom. The molecule has 1 aliphatic rings. The van der Waals surface area contributed by atoms with E-state index in [-0.39, 0.29) is 36.6 Å². The minimum atomic E-state index is 0. The second-order valence-electron chi connectivity index (χ2n) is 5.89. The van der Waals surface area contributed by atoms with Gasteiger partial charge >= 0.3 is 0 Å². The molecule has 1 aromatic carbocycles. The molecule has 136 valence electrons. The third-order valence-corrected chi connectivity index (χ3v) is 4.26. The molecule has 2 heterocycles. The van der Waals surface area contributed by atoms with E-state index < -0.39 is 0 Å². The van der Waals surface area contributed by atoms with Crippen molar-refractivity contribution in [3.05, 3.63) is 42.4 Å². The molecule has 0 spiro atoms. The average Bonchev–Trinajstić information content (AvgIpc) is 2.59. The number of benzene rings is 1. The number of piperidine rings is 1. The Hall–Kier alpha value is -2.05. The van der Waals surface area contributed by atoms with Gasteiger partial charge in [0.1, 0.15) is 5.82 Å². The number of halogens is 2. The van der Waals surface area contributed by atoms with Crippen LogP contribution in [0.5, 0.6) is 0 Å². The highest BCUT2D eigenvalue weighted by Crippen LogP contribution is 2.24. The molecule has 1 saturated heterocycles. The average molecular weight is 384 g/mol. The molecule has 0 radical (unpaired) electrons. The molecule has 2 aromatic rings. The summed E-state index contributed by atoms with van der Waals surface area (Å²) < 4.78 is 0. The quantitative estimate of drug-likeness (QED) is 0.795. The van der Waals surface area contributed by atoms with Crippen molar-refractivity contribution in [3.63, 3.8) is 0 Å². The summed E-state index contributed by atoms with van der Waals surface area (Å²) in [6, 6.07) is 5.56. The van der Waals surface area contributed by atoms with Crippen molar-refractivity contribution in [1.29, 1.82) is 0 Å². The zero-order chi connectivity index (χ0) is 16.2. The predicted molar refractivity (Wildman–Crippen MR) is 106 cm³/mol. The van der Waals surface area contributed by atoms with E-state index in [0.717, 1.165) is 43.0 Å². The molecular formula is C17H23Cl2N5O. The first-order valence-electron chi connectivity index (χ1n) is 7.81. The number of nitrogens with two attached hydrogens (primary N) is 1. The van der Waals surface area contributed by atoms with Crippen LogP contribution in [0.1, 0.15) is 18.4 Å². The van der Waals surface area contributed by atoms with E-state index in [0.29, 0.717) is 5.69 Å². The number of anilines is 3. The Kier molecular flexibility index (Phi) is 7.93. The van der Waals surface area contributed by atoms with Crippen LogP contribution in [0.3, 0.4) is 0 Å². The molecule has 8 heteroatoms. The standard InChI is InChI=1S/C17H21N5O.2ClH/c1-12-2-3-14(18)10-15(12)21-17(23)13-4-8-22(9-5-13)16-11-19-6-7-20-16;;/h2-3,6-7,10-11,13H,4-5,8-9,18H2,1H3,(H,21,23);2*1H. The summed E-state index contributed by atoms with van der Waals surface area (Å²) in [5, 5.41) is 3.01. The molecule has 25 heavy (non-hydrogen) atoms. The van der Waals surface area contributed by atoms with Gasteiger partial charge in [-0.05, 0) is 37.5 Å². The molecule has 0 saturated carbocycles. The lowest BCUT2D eigenvalue weighted by Gasteiger charge is -2.31. The highest BCUT2D eigenvalue weighted by Gasteiger charge is 2.26. The molecule has 6 nitrogen and oxygen atoms in total. The van der Waals surface area contributed by atoms with E-state index in [1.807, 2.05) is 25.1 Å². The van der Waals surface area contributed by atoms with Gasteiger partial charge in [-0.15, -0.1) is 24.8 Å². The fourth-order valence-electron chi connectivity index (χ4n) is 2.83. The Labute approximate surface area is 160 Å². The van der Waals surface area contributed by atoms with Crippen molar-refractivity contribution in [2.24, 2.45) is 5.92 Å². The second kappa shape index (κ2) is 9.44. The van der Waals surface area contributed by atoms with Crippen molar-refractivity contribution < 1.29 is 4.79 Å². The van der Waals surface area contributed by atoms with Gasteiger partial charge in [0.2, 0.25) is 5.91 Å². The third-order valence-electron chi connectivity index (χ3n) is 4.26. The number of nitrogens with one attached hydrogen (secondary N) is 1. The normalized spacial score (nSPS) is 14.2. The number of carbonyl (C=O) groups is 1. The van der Waals surface area contributed by atoms with Crippen LogP contribution in [-0.4, -0.2) is 29.0 Å². The van der Waals surface area contributed by atoms with Gasteiger partial charge in [-0.25, -0.2) is 4.98 Å². The molecule has 0 unspecified atom stereocenters. The molecule has 1 amide bonds. The van der Waals surface area contributed by atoms with E-state index in [2.05, 4.69) is 20.2 Å². The first kappa shape index (κ1) is 21.0. The highest BCUT2D eigenvalue weighted by atomic mass is 35.5. The zero-order valence-electron chi connectivity index (χ0n) is 14.0. The molecule has 0 bridgehead atoms. The SMILES string of the molecule is Cc1ccc(N)cc1NC(=O)C1CCN(c2cnccn2)CC1.Cl.Cl. The summed E-state index contributed by atoms with van der Waals surface area (Å²) in [5.41, 5.74) is 8.26. The smallest absolute Gasteiger partial charge is 0.227 e.